The Labute approximate surface area is 243 Å². The highest BCUT2D eigenvalue weighted by molar-refractivity contribution is 7.52. The number of hydrogen-bond donors (Lipinski definition) is 2. The summed E-state index contributed by atoms with van der Waals surface area (Å²) in [5.74, 6) is 0.865. The van der Waals surface area contributed by atoms with Gasteiger partial charge >= 0.3 is 13.7 Å². The number of carbonyl (C=O) groups is 1. The largest absolute Gasteiger partial charge is 0.479 e. The summed E-state index contributed by atoms with van der Waals surface area (Å²) in [4.78, 5) is 25.6. The van der Waals surface area contributed by atoms with E-state index in [1.807, 2.05) is 48.7 Å². The smallest absolute Gasteiger partial charge is 0.459 e. The Morgan fingerprint density at radius 1 is 1.21 bits per heavy atom. The maximum Gasteiger partial charge on any atom is 0.459 e. The third-order valence-corrected chi connectivity index (χ3v) is 8.50. The third-order valence-electron chi connectivity index (χ3n) is 6.87. The predicted molar refractivity (Wildman–Crippen MR) is 156 cm³/mol. The Balaban J connectivity index is 1.34. The van der Waals surface area contributed by atoms with E-state index in [0.717, 1.165) is 10.8 Å². The van der Waals surface area contributed by atoms with Crippen LogP contribution in [0.3, 0.4) is 0 Å². The predicted octanol–water partition coefficient (Wildman–Crippen LogP) is 4.34. The molecule has 1 aliphatic rings. The topological polar surface area (TPSA) is 162 Å². The van der Waals surface area contributed by atoms with Crippen molar-refractivity contribution < 1.29 is 32.6 Å². The summed E-state index contributed by atoms with van der Waals surface area (Å²) in [6.07, 6.45) is 0.749. The van der Waals surface area contributed by atoms with Crippen molar-refractivity contribution in [2.24, 2.45) is 0 Å². The van der Waals surface area contributed by atoms with Crippen LogP contribution in [-0.4, -0.2) is 64.6 Å². The standard InChI is InChI=1S/C28H35N6O7P/c1-5-13-38-27(35)17(2)33-42(36,41-23-12-8-10-19-9-6-7-11-22(19)23)40-16-21-14-20(15-39-21)34-18(3)30-24-25(34)31-28(29)32-26(24)37-4/h6-12,17,20-21H,5,13-16H2,1-4H3,(H,33,36)(H2,29,31,32). The molecule has 0 amide bonds. The zero-order chi connectivity index (χ0) is 29.9. The van der Waals surface area contributed by atoms with Crippen LogP contribution in [0.2, 0.25) is 0 Å². The van der Waals surface area contributed by atoms with Gasteiger partial charge in [0.1, 0.15) is 17.6 Å². The average molecular weight is 599 g/mol. The van der Waals surface area contributed by atoms with Gasteiger partial charge in [-0.1, -0.05) is 43.3 Å². The molecule has 1 aliphatic heterocycles. The monoisotopic (exact) mass is 598 g/mol. The van der Waals surface area contributed by atoms with E-state index in [4.69, 9.17) is 29.0 Å². The van der Waals surface area contributed by atoms with Gasteiger partial charge in [-0.25, -0.2) is 9.55 Å². The van der Waals surface area contributed by atoms with Crippen LogP contribution in [0.5, 0.6) is 11.6 Å². The first-order valence-electron chi connectivity index (χ1n) is 13.7. The molecule has 2 aromatic carbocycles. The quantitative estimate of drug-likeness (QED) is 0.175. The number of carbonyl (C=O) groups excluding carboxylic acids is 1. The van der Waals surface area contributed by atoms with Crippen LogP contribution in [0.1, 0.15) is 38.6 Å². The molecule has 0 aliphatic carbocycles. The van der Waals surface area contributed by atoms with Gasteiger partial charge in [0.25, 0.3) is 0 Å². The minimum absolute atomic E-state index is 0.0611. The first kappa shape index (κ1) is 29.7. The van der Waals surface area contributed by atoms with Crippen LogP contribution >= 0.6 is 7.75 Å². The van der Waals surface area contributed by atoms with Crippen LogP contribution in [-0.2, 0) is 23.4 Å². The second kappa shape index (κ2) is 12.6. The second-order valence-corrected chi connectivity index (χ2v) is 11.7. The second-order valence-electron chi connectivity index (χ2n) is 10.0. The molecule has 0 radical (unpaired) electrons. The molecule has 14 heteroatoms. The van der Waals surface area contributed by atoms with Gasteiger partial charge in [0.15, 0.2) is 11.2 Å². The number of ether oxygens (including phenoxy) is 3. The van der Waals surface area contributed by atoms with Crippen LogP contribution in [0.4, 0.5) is 5.95 Å². The highest BCUT2D eigenvalue weighted by Gasteiger charge is 2.36. The fraction of sp³-hybridized carbons (Fsp3) is 0.429. The van der Waals surface area contributed by atoms with Gasteiger partial charge in [-0.3, -0.25) is 9.32 Å². The minimum atomic E-state index is -4.09. The van der Waals surface area contributed by atoms with E-state index >= 15 is 0 Å². The molecule has 4 aromatic rings. The lowest BCUT2D eigenvalue weighted by Crippen LogP contribution is -2.35. The van der Waals surface area contributed by atoms with E-state index in [2.05, 4.69) is 20.0 Å². The van der Waals surface area contributed by atoms with E-state index in [1.54, 1.807) is 19.1 Å². The summed E-state index contributed by atoms with van der Waals surface area (Å²) in [6.45, 7) is 5.84. The number of benzene rings is 2. The van der Waals surface area contributed by atoms with Crippen molar-refractivity contribution in [1.82, 2.24) is 24.6 Å². The third kappa shape index (κ3) is 6.34. The molecule has 0 spiro atoms. The van der Waals surface area contributed by atoms with Gasteiger partial charge in [0.2, 0.25) is 11.8 Å². The summed E-state index contributed by atoms with van der Waals surface area (Å²) in [6, 6.07) is 11.9. The molecular weight excluding hydrogens is 563 g/mol. The van der Waals surface area contributed by atoms with E-state index in [0.29, 0.717) is 48.1 Å². The fourth-order valence-electron chi connectivity index (χ4n) is 4.93. The molecule has 13 nitrogen and oxygen atoms in total. The Morgan fingerprint density at radius 2 is 2.00 bits per heavy atom. The van der Waals surface area contributed by atoms with Gasteiger partial charge in [-0.15, -0.1) is 0 Å². The molecule has 0 bridgehead atoms. The van der Waals surface area contributed by atoms with Crippen molar-refractivity contribution >= 4 is 41.6 Å². The van der Waals surface area contributed by atoms with Crippen LogP contribution < -0.4 is 20.1 Å². The van der Waals surface area contributed by atoms with E-state index in [9.17, 15) is 9.36 Å². The molecule has 2 aromatic heterocycles. The minimum Gasteiger partial charge on any atom is -0.479 e. The summed E-state index contributed by atoms with van der Waals surface area (Å²) in [7, 11) is -2.59. The maximum absolute atomic E-state index is 14.1. The Bertz CT molecular complexity index is 1620. The van der Waals surface area contributed by atoms with E-state index in [1.165, 1.54) is 7.11 Å². The SMILES string of the molecule is CCCOC(=O)C(C)NP(=O)(OCC1CC(n2c(C)nc3c(OC)nc(N)nc32)CO1)Oc1cccc2ccccc12. The molecule has 4 unspecified atom stereocenters. The van der Waals surface area contributed by atoms with Crippen LogP contribution in [0.15, 0.2) is 42.5 Å². The Kier molecular flexibility index (Phi) is 8.93. The number of esters is 1. The molecule has 1 fully saturated rings. The van der Waals surface area contributed by atoms with Crippen LogP contribution in [0, 0.1) is 6.92 Å². The number of aromatic nitrogens is 4. The number of imidazole rings is 1. The highest BCUT2D eigenvalue weighted by atomic mass is 31.2. The molecular formula is C28H35N6O7P. The number of nitrogens with zero attached hydrogens (tertiary/aromatic N) is 4. The van der Waals surface area contributed by atoms with Crippen molar-refractivity contribution in [3.63, 3.8) is 0 Å². The number of nitrogens with one attached hydrogen (secondary N) is 1. The zero-order valence-corrected chi connectivity index (χ0v) is 24.9. The van der Waals surface area contributed by atoms with Crippen LogP contribution in [0.25, 0.3) is 21.9 Å². The molecule has 3 heterocycles. The lowest BCUT2D eigenvalue weighted by atomic mass is 10.1. The highest BCUT2D eigenvalue weighted by Crippen LogP contribution is 2.47. The molecule has 5 rings (SSSR count). The van der Waals surface area contributed by atoms with Gasteiger partial charge in [0.05, 0.1) is 39.1 Å². The Morgan fingerprint density at radius 3 is 2.79 bits per heavy atom. The van der Waals surface area contributed by atoms with Crippen molar-refractivity contribution in [1.29, 1.82) is 0 Å². The Hall–Kier alpha value is -3.77. The van der Waals surface area contributed by atoms with Crippen molar-refractivity contribution in [3.8, 4) is 11.6 Å². The summed E-state index contributed by atoms with van der Waals surface area (Å²) in [5.41, 5.74) is 6.95. The summed E-state index contributed by atoms with van der Waals surface area (Å²) < 4.78 is 44.6. The van der Waals surface area contributed by atoms with Crippen molar-refractivity contribution in [2.45, 2.75) is 51.8 Å². The fourth-order valence-corrected chi connectivity index (χ4v) is 6.47. The maximum atomic E-state index is 14.1. The first-order valence-corrected chi connectivity index (χ1v) is 15.3. The van der Waals surface area contributed by atoms with E-state index < -0.39 is 25.9 Å². The number of anilines is 1. The number of aryl methyl sites for hydroxylation is 1. The summed E-state index contributed by atoms with van der Waals surface area (Å²) >= 11 is 0. The van der Waals surface area contributed by atoms with Crippen molar-refractivity contribution in [2.75, 3.05) is 32.7 Å². The molecule has 42 heavy (non-hydrogen) atoms. The number of methoxy groups -OCH3 is 1. The number of nitrogens with two attached hydrogens (primary N) is 1. The summed E-state index contributed by atoms with van der Waals surface area (Å²) in [5, 5.41) is 4.41. The average Bonchev–Trinajstić information content (AvgIpc) is 3.57. The lowest BCUT2D eigenvalue weighted by molar-refractivity contribution is -0.145. The van der Waals surface area contributed by atoms with Gasteiger partial charge < -0.3 is 29.0 Å². The van der Waals surface area contributed by atoms with Gasteiger partial charge in [-0.05, 0) is 38.1 Å². The molecule has 0 saturated carbocycles. The first-order chi connectivity index (χ1) is 20.2. The zero-order valence-electron chi connectivity index (χ0n) is 24.0. The molecule has 1 saturated heterocycles. The normalized spacial score (nSPS) is 19.0. The van der Waals surface area contributed by atoms with Gasteiger partial charge in [-0.2, -0.15) is 15.1 Å². The number of hydrogen-bond acceptors (Lipinski definition) is 11. The van der Waals surface area contributed by atoms with Gasteiger partial charge in [0, 0.05) is 5.39 Å². The number of fused-ring (bicyclic) bond motifs is 2. The number of rotatable bonds is 12. The molecule has 3 N–H and O–H groups in total. The molecule has 4 atom stereocenters. The van der Waals surface area contributed by atoms with Crippen molar-refractivity contribution in [3.05, 3.63) is 48.3 Å². The number of nitrogen functional groups attached to an aromatic ring is 1. The van der Waals surface area contributed by atoms with E-state index in [-0.39, 0.29) is 25.2 Å². The lowest BCUT2D eigenvalue weighted by Gasteiger charge is -2.24. The molecule has 224 valence electrons.